The van der Waals surface area contributed by atoms with Crippen LogP contribution in [-0.2, 0) is 13.6 Å². The minimum atomic E-state index is 0.557. The Kier molecular flexibility index (Phi) is 3.58. The zero-order valence-corrected chi connectivity index (χ0v) is 12.7. The predicted octanol–water partition coefficient (Wildman–Crippen LogP) is 1.95. The number of hydrogen-bond donors (Lipinski definition) is 1. The van der Waals surface area contributed by atoms with Gasteiger partial charge in [0.05, 0.1) is 16.4 Å². The van der Waals surface area contributed by atoms with Gasteiger partial charge in [0, 0.05) is 38.8 Å². The summed E-state index contributed by atoms with van der Waals surface area (Å²) in [6, 6.07) is 1.23. The third-order valence-electron chi connectivity index (χ3n) is 4.54. The van der Waals surface area contributed by atoms with Gasteiger partial charge in [-0.2, -0.15) is 5.10 Å². The average molecular weight is 283 g/mol. The Balaban J connectivity index is 1.73. The van der Waals surface area contributed by atoms with Gasteiger partial charge >= 0.3 is 0 Å². The third kappa shape index (κ3) is 2.67. The number of aromatic nitrogens is 2. The van der Waals surface area contributed by atoms with E-state index in [0.29, 0.717) is 12.1 Å². The molecule has 5 heteroatoms. The first-order chi connectivity index (χ1) is 9.06. The van der Waals surface area contributed by atoms with Crippen molar-refractivity contribution < 1.29 is 0 Å². The Hall–Kier alpha value is -0.580. The van der Waals surface area contributed by atoms with E-state index in [9.17, 15) is 0 Å². The van der Waals surface area contributed by atoms with E-state index in [1.807, 2.05) is 18.7 Å². The summed E-state index contributed by atoms with van der Waals surface area (Å²) < 4.78 is 1.93. The highest BCUT2D eigenvalue weighted by Gasteiger charge is 2.36. The largest absolute Gasteiger partial charge is 0.311 e. The monoisotopic (exact) mass is 282 g/mol. The number of halogens is 1. The molecule has 19 heavy (non-hydrogen) atoms. The van der Waals surface area contributed by atoms with Crippen LogP contribution in [0.4, 0.5) is 0 Å². The molecule has 0 aromatic carbocycles. The molecule has 0 amide bonds. The maximum Gasteiger partial charge on any atom is 0.0860 e. The topological polar surface area (TPSA) is 33.1 Å². The molecule has 106 valence electrons. The molecule has 3 rings (SSSR count). The fourth-order valence-corrected chi connectivity index (χ4v) is 3.25. The molecule has 0 radical (unpaired) electrons. The van der Waals surface area contributed by atoms with Crippen LogP contribution >= 0.6 is 11.6 Å². The minimum absolute atomic E-state index is 0.557. The highest BCUT2D eigenvalue weighted by atomic mass is 35.5. The summed E-state index contributed by atoms with van der Waals surface area (Å²) in [7, 11) is 1.99. The fraction of sp³-hybridized carbons (Fsp3) is 0.786. The lowest BCUT2D eigenvalue weighted by molar-refractivity contribution is 0.122. The molecule has 2 unspecified atom stereocenters. The van der Waals surface area contributed by atoms with Crippen molar-refractivity contribution in [2.45, 2.75) is 45.3 Å². The number of hydrogen-bond acceptors (Lipinski definition) is 3. The Morgan fingerprint density at radius 2 is 2.16 bits per heavy atom. The first-order valence-electron chi connectivity index (χ1n) is 7.21. The molecule has 0 bridgehead atoms. The Morgan fingerprint density at radius 1 is 1.42 bits per heavy atom. The standard InChI is InChI=1S/C14H23ClN4/c1-9-6-16-12(11-4-5-11)7-19(9)8-13-14(15)10(2)17-18(13)3/h9,11-12,16H,4-8H2,1-3H3. The van der Waals surface area contributed by atoms with E-state index in [1.165, 1.54) is 12.8 Å². The second-order valence-electron chi connectivity index (χ2n) is 6.10. The van der Waals surface area contributed by atoms with E-state index in [0.717, 1.165) is 42.0 Å². The first-order valence-corrected chi connectivity index (χ1v) is 7.59. The van der Waals surface area contributed by atoms with E-state index >= 15 is 0 Å². The molecule has 1 aliphatic carbocycles. The van der Waals surface area contributed by atoms with Crippen molar-refractivity contribution in [1.29, 1.82) is 0 Å². The molecule has 2 heterocycles. The van der Waals surface area contributed by atoms with E-state index in [2.05, 4.69) is 22.2 Å². The molecule has 1 aliphatic heterocycles. The summed E-state index contributed by atoms with van der Waals surface area (Å²) in [5, 5.41) is 8.92. The molecule has 1 saturated heterocycles. The van der Waals surface area contributed by atoms with Gasteiger partial charge in [0.2, 0.25) is 0 Å². The summed E-state index contributed by atoms with van der Waals surface area (Å²) in [4.78, 5) is 2.54. The molecule has 1 saturated carbocycles. The summed E-state index contributed by atoms with van der Waals surface area (Å²) in [5.41, 5.74) is 2.07. The third-order valence-corrected chi connectivity index (χ3v) is 5.03. The first kappa shape index (κ1) is 13.4. The maximum absolute atomic E-state index is 6.37. The summed E-state index contributed by atoms with van der Waals surface area (Å²) in [6.07, 6.45) is 2.79. The van der Waals surface area contributed by atoms with Crippen molar-refractivity contribution >= 4 is 11.6 Å². The maximum atomic E-state index is 6.37. The van der Waals surface area contributed by atoms with E-state index in [4.69, 9.17) is 11.6 Å². The van der Waals surface area contributed by atoms with Crippen molar-refractivity contribution in [3.8, 4) is 0 Å². The van der Waals surface area contributed by atoms with Gasteiger partial charge < -0.3 is 5.32 Å². The van der Waals surface area contributed by atoms with Gasteiger partial charge in [-0.15, -0.1) is 0 Å². The molecule has 4 nitrogen and oxygen atoms in total. The van der Waals surface area contributed by atoms with Crippen molar-refractivity contribution in [2.24, 2.45) is 13.0 Å². The Bertz CT molecular complexity index is 466. The highest BCUT2D eigenvalue weighted by Crippen LogP contribution is 2.34. The van der Waals surface area contributed by atoms with Crippen LogP contribution in [0.1, 0.15) is 31.2 Å². The van der Waals surface area contributed by atoms with Gasteiger partial charge in [-0.05, 0) is 32.6 Å². The van der Waals surface area contributed by atoms with Crippen molar-refractivity contribution in [2.75, 3.05) is 13.1 Å². The van der Waals surface area contributed by atoms with Crippen LogP contribution in [0.3, 0.4) is 0 Å². The SMILES string of the molecule is Cc1nn(C)c(CN2CC(C3CC3)NCC2C)c1Cl. The van der Waals surface area contributed by atoms with Crippen molar-refractivity contribution in [3.63, 3.8) is 0 Å². The molecule has 1 aromatic rings. The molecule has 0 spiro atoms. The normalized spacial score (nSPS) is 28.8. The number of aryl methyl sites for hydroxylation is 2. The van der Waals surface area contributed by atoms with Crippen molar-refractivity contribution in [1.82, 2.24) is 20.0 Å². The average Bonchev–Trinajstić information content (AvgIpc) is 3.17. The van der Waals surface area contributed by atoms with Gasteiger partial charge in [-0.1, -0.05) is 11.6 Å². The van der Waals surface area contributed by atoms with Gasteiger partial charge in [0.25, 0.3) is 0 Å². The van der Waals surface area contributed by atoms with Gasteiger partial charge in [0.15, 0.2) is 0 Å². The van der Waals surface area contributed by atoms with Crippen LogP contribution in [0.25, 0.3) is 0 Å². The van der Waals surface area contributed by atoms with Gasteiger partial charge in [0.1, 0.15) is 0 Å². The quantitative estimate of drug-likeness (QED) is 0.920. The van der Waals surface area contributed by atoms with E-state index < -0.39 is 0 Å². The fourth-order valence-electron chi connectivity index (χ4n) is 3.03. The number of nitrogens with one attached hydrogen (secondary N) is 1. The van der Waals surface area contributed by atoms with Crippen LogP contribution in [-0.4, -0.2) is 39.9 Å². The van der Waals surface area contributed by atoms with Gasteiger partial charge in [-0.25, -0.2) is 0 Å². The molecule has 2 atom stereocenters. The second kappa shape index (κ2) is 5.08. The highest BCUT2D eigenvalue weighted by molar-refractivity contribution is 6.31. The van der Waals surface area contributed by atoms with Crippen LogP contribution in [0.15, 0.2) is 0 Å². The number of nitrogens with zero attached hydrogens (tertiary/aromatic N) is 3. The Labute approximate surface area is 120 Å². The van der Waals surface area contributed by atoms with E-state index in [1.54, 1.807) is 0 Å². The smallest absolute Gasteiger partial charge is 0.0860 e. The predicted molar refractivity (Wildman–Crippen MR) is 77.3 cm³/mol. The molecule has 1 aromatic heterocycles. The lowest BCUT2D eigenvalue weighted by atomic mass is 10.1. The minimum Gasteiger partial charge on any atom is -0.311 e. The zero-order valence-electron chi connectivity index (χ0n) is 12.0. The Morgan fingerprint density at radius 3 is 2.74 bits per heavy atom. The molecule has 2 fully saturated rings. The van der Waals surface area contributed by atoms with Gasteiger partial charge in [-0.3, -0.25) is 9.58 Å². The zero-order chi connectivity index (χ0) is 13.6. The van der Waals surface area contributed by atoms with Crippen molar-refractivity contribution in [3.05, 3.63) is 16.4 Å². The van der Waals surface area contributed by atoms with Crippen LogP contribution in [0.5, 0.6) is 0 Å². The lowest BCUT2D eigenvalue weighted by Gasteiger charge is -2.39. The summed E-state index contributed by atoms with van der Waals surface area (Å²) in [5.74, 6) is 0.902. The van der Waals surface area contributed by atoms with Crippen LogP contribution < -0.4 is 5.32 Å². The lowest BCUT2D eigenvalue weighted by Crippen LogP contribution is -2.55. The molecular formula is C14H23ClN4. The van der Waals surface area contributed by atoms with E-state index in [-0.39, 0.29) is 0 Å². The number of rotatable bonds is 3. The number of piperazine rings is 1. The molecule has 2 aliphatic rings. The van der Waals surface area contributed by atoms with Crippen LogP contribution in [0, 0.1) is 12.8 Å². The molecular weight excluding hydrogens is 260 g/mol. The van der Waals surface area contributed by atoms with Crippen LogP contribution in [0.2, 0.25) is 5.02 Å². The molecule has 1 N–H and O–H groups in total. The summed E-state index contributed by atoms with van der Waals surface area (Å²) >= 11 is 6.37. The summed E-state index contributed by atoms with van der Waals surface area (Å²) in [6.45, 7) is 7.37. The second-order valence-corrected chi connectivity index (χ2v) is 6.48.